The van der Waals surface area contributed by atoms with Gasteiger partial charge in [-0.3, -0.25) is 0 Å². The molecule has 0 saturated heterocycles. The van der Waals surface area contributed by atoms with Crippen LogP contribution in [0.4, 0.5) is 11.5 Å². The molecule has 0 radical (unpaired) electrons. The topological polar surface area (TPSA) is 66.5 Å². The van der Waals surface area contributed by atoms with Crippen LogP contribution in [0.3, 0.4) is 0 Å². The summed E-state index contributed by atoms with van der Waals surface area (Å²) in [4.78, 5) is 15.4. The lowest BCUT2D eigenvalue weighted by atomic mass is 10.1. The fraction of sp³-hybridized carbons (Fsp3) is 0.154. The van der Waals surface area contributed by atoms with Crippen molar-refractivity contribution in [3.63, 3.8) is 0 Å². The number of anilines is 2. The minimum Gasteiger partial charge on any atom is -0.340 e. The monoisotopic (exact) mass is 273 g/mol. The zero-order valence-corrected chi connectivity index (χ0v) is 11.3. The molecule has 0 atom stereocenters. The fourth-order valence-corrected chi connectivity index (χ4v) is 2.06. The van der Waals surface area contributed by atoms with Gasteiger partial charge in [0.25, 0.3) is 0 Å². The Balaban J connectivity index is 2.10. The summed E-state index contributed by atoms with van der Waals surface area (Å²) in [5, 5.41) is 3.45. The van der Waals surface area contributed by atoms with Crippen LogP contribution in [0.15, 0.2) is 24.5 Å². The third kappa shape index (κ3) is 2.24. The van der Waals surface area contributed by atoms with E-state index in [0.29, 0.717) is 11.5 Å². The van der Waals surface area contributed by atoms with Crippen LogP contribution in [-0.4, -0.2) is 19.9 Å². The summed E-state index contributed by atoms with van der Waals surface area (Å²) in [7, 11) is 0. The van der Waals surface area contributed by atoms with E-state index in [1.165, 1.54) is 5.56 Å². The number of benzene rings is 1. The van der Waals surface area contributed by atoms with E-state index in [1.807, 2.05) is 13.8 Å². The van der Waals surface area contributed by atoms with Crippen LogP contribution in [0.2, 0.25) is 5.28 Å². The Bertz CT molecular complexity index is 750. The molecule has 0 aliphatic rings. The Morgan fingerprint density at radius 1 is 1.21 bits per heavy atom. The van der Waals surface area contributed by atoms with Crippen LogP contribution < -0.4 is 5.32 Å². The lowest BCUT2D eigenvalue weighted by Gasteiger charge is -2.10. The predicted octanol–water partition coefficient (Wildman–Crippen LogP) is 3.37. The van der Waals surface area contributed by atoms with Gasteiger partial charge >= 0.3 is 0 Å². The fourth-order valence-electron chi connectivity index (χ4n) is 1.90. The maximum atomic E-state index is 5.90. The molecule has 19 heavy (non-hydrogen) atoms. The van der Waals surface area contributed by atoms with E-state index in [9.17, 15) is 0 Å². The summed E-state index contributed by atoms with van der Waals surface area (Å²) < 4.78 is 0. The average Bonchev–Trinajstić information content (AvgIpc) is 2.82. The van der Waals surface area contributed by atoms with Gasteiger partial charge in [-0.25, -0.2) is 4.98 Å². The molecular weight excluding hydrogens is 262 g/mol. The number of halogens is 1. The first-order valence-corrected chi connectivity index (χ1v) is 6.22. The minimum atomic E-state index is 0.174. The average molecular weight is 274 g/mol. The third-order valence-corrected chi connectivity index (χ3v) is 3.07. The second-order valence-corrected chi connectivity index (χ2v) is 4.72. The first kappa shape index (κ1) is 11.9. The summed E-state index contributed by atoms with van der Waals surface area (Å²) in [6, 6.07) is 6.19. The standard InChI is InChI=1S/C13H12ClN5/c1-7-3-4-8(2)9(5-7)17-12-10-11(16-6-15-10)18-13(14)19-12/h3-6H,1-2H3,(H2,15,16,17,18,19). The van der Waals surface area contributed by atoms with E-state index in [0.717, 1.165) is 16.8 Å². The first-order chi connectivity index (χ1) is 9.13. The molecule has 2 N–H and O–H groups in total. The van der Waals surface area contributed by atoms with Crippen molar-refractivity contribution in [2.75, 3.05) is 5.32 Å². The molecule has 0 aliphatic carbocycles. The highest BCUT2D eigenvalue weighted by molar-refractivity contribution is 6.28. The second-order valence-electron chi connectivity index (χ2n) is 4.39. The van der Waals surface area contributed by atoms with Crippen molar-refractivity contribution >= 4 is 34.3 Å². The minimum absolute atomic E-state index is 0.174. The van der Waals surface area contributed by atoms with Gasteiger partial charge in [0.1, 0.15) is 5.52 Å². The summed E-state index contributed by atoms with van der Waals surface area (Å²) >= 11 is 5.90. The number of hydrogen-bond donors (Lipinski definition) is 2. The lowest BCUT2D eigenvalue weighted by Crippen LogP contribution is -1.99. The number of H-pyrrole nitrogens is 1. The van der Waals surface area contributed by atoms with E-state index in [2.05, 4.69) is 43.5 Å². The van der Waals surface area contributed by atoms with Crippen molar-refractivity contribution < 1.29 is 0 Å². The molecule has 2 heterocycles. The molecule has 0 amide bonds. The Morgan fingerprint density at radius 2 is 2.05 bits per heavy atom. The highest BCUT2D eigenvalue weighted by Gasteiger charge is 2.10. The van der Waals surface area contributed by atoms with Gasteiger partial charge in [0.15, 0.2) is 11.5 Å². The molecule has 96 valence electrons. The molecule has 3 aromatic rings. The van der Waals surface area contributed by atoms with Crippen LogP contribution in [0.25, 0.3) is 11.2 Å². The van der Waals surface area contributed by atoms with Crippen molar-refractivity contribution in [1.82, 2.24) is 19.9 Å². The van der Waals surface area contributed by atoms with Crippen LogP contribution in [0.1, 0.15) is 11.1 Å². The summed E-state index contributed by atoms with van der Waals surface area (Å²) in [5.41, 5.74) is 4.59. The number of nitrogens with zero attached hydrogens (tertiary/aromatic N) is 3. The number of aromatic nitrogens is 4. The number of nitrogens with one attached hydrogen (secondary N) is 2. The number of fused-ring (bicyclic) bond motifs is 1. The molecule has 0 bridgehead atoms. The molecule has 3 rings (SSSR count). The molecule has 0 fully saturated rings. The van der Waals surface area contributed by atoms with E-state index in [1.54, 1.807) is 6.33 Å². The molecule has 0 unspecified atom stereocenters. The number of imidazole rings is 1. The van der Waals surface area contributed by atoms with Gasteiger partial charge < -0.3 is 10.3 Å². The maximum Gasteiger partial charge on any atom is 0.226 e. The van der Waals surface area contributed by atoms with Gasteiger partial charge in [-0.15, -0.1) is 0 Å². The molecule has 5 nitrogen and oxygen atoms in total. The smallest absolute Gasteiger partial charge is 0.226 e. The summed E-state index contributed by atoms with van der Waals surface area (Å²) in [6.07, 6.45) is 1.57. The Hall–Kier alpha value is -2.14. The second kappa shape index (κ2) is 4.51. The van der Waals surface area contributed by atoms with Gasteiger partial charge in [0.05, 0.1) is 6.33 Å². The van der Waals surface area contributed by atoms with Crippen LogP contribution in [0, 0.1) is 13.8 Å². The van der Waals surface area contributed by atoms with E-state index >= 15 is 0 Å². The number of rotatable bonds is 2. The van der Waals surface area contributed by atoms with Gasteiger partial charge in [0, 0.05) is 5.69 Å². The van der Waals surface area contributed by atoms with Crippen LogP contribution in [0.5, 0.6) is 0 Å². The summed E-state index contributed by atoms with van der Waals surface area (Å²) in [5.74, 6) is 0.626. The maximum absolute atomic E-state index is 5.90. The number of aryl methyl sites for hydroxylation is 2. The molecular formula is C13H12ClN5. The quantitative estimate of drug-likeness (QED) is 0.703. The van der Waals surface area contributed by atoms with Crippen molar-refractivity contribution in [2.24, 2.45) is 0 Å². The Labute approximate surface area is 115 Å². The largest absolute Gasteiger partial charge is 0.340 e. The van der Waals surface area contributed by atoms with Crippen LogP contribution in [-0.2, 0) is 0 Å². The van der Waals surface area contributed by atoms with E-state index in [4.69, 9.17) is 11.6 Å². The normalized spacial score (nSPS) is 10.9. The number of aromatic amines is 1. The Kier molecular flexibility index (Phi) is 2.83. The zero-order valence-electron chi connectivity index (χ0n) is 10.5. The van der Waals surface area contributed by atoms with Gasteiger partial charge in [-0.1, -0.05) is 12.1 Å². The van der Waals surface area contributed by atoms with Crippen molar-refractivity contribution in [3.8, 4) is 0 Å². The molecule has 6 heteroatoms. The molecule has 2 aromatic heterocycles. The van der Waals surface area contributed by atoms with E-state index < -0.39 is 0 Å². The van der Waals surface area contributed by atoms with Gasteiger partial charge in [0.2, 0.25) is 5.28 Å². The third-order valence-electron chi connectivity index (χ3n) is 2.90. The van der Waals surface area contributed by atoms with Crippen molar-refractivity contribution in [3.05, 3.63) is 40.9 Å². The highest BCUT2D eigenvalue weighted by atomic mass is 35.5. The lowest BCUT2D eigenvalue weighted by molar-refractivity contribution is 1.19. The molecule has 1 aromatic carbocycles. The molecule has 0 saturated carbocycles. The number of hydrogen-bond acceptors (Lipinski definition) is 4. The van der Waals surface area contributed by atoms with Crippen LogP contribution >= 0.6 is 11.6 Å². The Morgan fingerprint density at radius 3 is 2.89 bits per heavy atom. The highest BCUT2D eigenvalue weighted by Crippen LogP contribution is 2.25. The molecule has 0 spiro atoms. The SMILES string of the molecule is Cc1ccc(C)c(Nc2nc(Cl)nc3nc[nH]c23)c1. The van der Waals surface area contributed by atoms with Gasteiger partial charge in [-0.2, -0.15) is 9.97 Å². The zero-order chi connectivity index (χ0) is 13.4. The molecule has 0 aliphatic heterocycles. The van der Waals surface area contributed by atoms with E-state index in [-0.39, 0.29) is 5.28 Å². The summed E-state index contributed by atoms with van der Waals surface area (Å²) in [6.45, 7) is 4.08. The van der Waals surface area contributed by atoms with Gasteiger partial charge in [-0.05, 0) is 42.6 Å². The predicted molar refractivity (Wildman–Crippen MR) is 75.9 cm³/mol. The first-order valence-electron chi connectivity index (χ1n) is 5.84. The van der Waals surface area contributed by atoms with Crippen molar-refractivity contribution in [1.29, 1.82) is 0 Å². The van der Waals surface area contributed by atoms with Crippen molar-refractivity contribution in [2.45, 2.75) is 13.8 Å².